The standard InChI is InChI=1S/C9H17F2N/c1-6(5-8-3-4-8)12-7(2)9(10)11/h6-9,12H,3-5H2,1-2H3. The predicted molar refractivity (Wildman–Crippen MR) is 45.4 cm³/mol. The lowest BCUT2D eigenvalue weighted by molar-refractivity contribution is 0.0999. The third-order valence-corrected chi connectivity index (χ3v) is 2.31. The van der Waals surface area contributed by atoms with Gasteiger partial charge in [0.2, 0.25) is 0 Å². The number of hydrogen-bond acceptors (Lipinski definition) is 1. The predicted octanol–water partition coefficient (Wildman–Crippen LogP) is 2.42. The molecule has 1 nitrogen and oxygen atoms in total. The minimum absolute atomic E-state index is 0.237. The van der Waals surface area contributed by atoms with Crippen molar-refractivity contribution in [3.05, 3.63) is 0 Å². The average Bonchev–Trinajstić information content (AvgIpc) is 2.71. The van der Waals surface area contributed by atoms with E-state index < -0.39 is 12.5 Å². The zero-order chi connectivity index (χ0) is 9.14. The molecule has 0 spiro atoms. The Balaban J connectivity index is 2.10. The highest BCUT2D eigenvalue weighted by molar-refractivity contribution is 4.79. The van der Waals surface area contributed by atoms with Gasteiger partial charge in [0.1, 0.15) is 0 Å². The monoisotopic (exact) mass is 177 g/mol. The maximum Gasteiger partial charge on any atom is 0.253 e. The van der Waals surface area contributed by atoms with Gasteiger partial charge in [-0.05, 0) is 26.2 Å². The van der Waals surface area contributed by atoms with Crippen LogP contribution >= 0.6 is 0 Å². The van der Waals surface area contributed by atoms with E-state index in [4.69, 9.17) is 0 Å². The Morgan fingerprint density at radius 1 is 1.33 bits per heavy atom. The molecule has 1 rings (SSSR count). The van der Waals surface area contributed by atoms with Crippen molar-refractivity contribution in [1.82, 2.24) is 5.32 Å². The third-order valence-electron chi connectivity index (χ3n) is 2.31. The van der Waals surface area contributed by atoms with Gasteiger partial charge in [0, 0.05) is 6.04 Å². The van der Waals surface area contributed by atoms with Crippen molar-refractivity contribution in [3.63, 3.8) is 0 Å². The Morgan fingerprint density at radius 3 is 2.33 bits per heavy atom. The van der Waals surface area contributed by atoms with E-state index in [2.05, 4.69) is 5.32 Å². The molecule has 12 heavy (non-hydrogen) atoms. The molecule has 0 amide bonds. The first kappa shape index (κ1) is 9.90. The van der Waals surface area contributed by atoms with Crippen LogP contribution in [0.15, 0.2) is 0 Å². The highest BCUT2D eigenvalue weighted by Gasteiger charge is 2.25. The van der Waals surface area contributed by atoms with Crippen molar-refractivity contribution in [3.8, 4) is 0 Å². The van der Waals surface area contributed by atoms with Crippen LogP contribution in [0.5, 0.6) is 0 Å². The van der Waals surface area contributed by atoms with Gasteiger partial charge in [-0.3, -0.25) is 0 Å². The van der Waals surface area contributed by atoms with Crippen molar-refractivity contribution in [2.24, 2.45) is 5.92 Å². The van der Waals surface area contributed by atoms with Crippen LogP contribution in [0.2, 0.25) is 0 Å². The largest absolute Gasteiger partial charge is 0.307 e. The fraction of sp³-hybridized carbons (Fsp3) is 1.00. The fourth-order valence-electron chi connectivity index (χ4n) is 1.44. The van der Waals surface area contributed by atoms with E-state index in [1.807, 2.05) is 6.92 Å². The van der Waals surface area contributed by atoms with Crippen LogP contribution in [-0.4, -0.2) is 18.5 Å². The lowest BCUT2D eigenvalue weighted by Gasteiger charge is -2.18. The SMILES string of the molecule is CC(CC1CC1)NC(C)C(F)F. The Hall–Kier alpha value is -0.180. The van der Waals surface area contributed by atoms with Crippen LogP contribution < -0.4 is 5.32 Å². The molecule has 1 fully saturated rings. The van der Waals surface area contributed by atoms with Gasteiger partial charge in [0.05, 0.1) is 6.04 Å². The van der Waals surface area contributed by atoms with E-state index in [0.29, 0.717) is 0 Å². The Kier molecular flexibility index (Phi) is 3.44. The summed E-state index contributed by atoms with van der Waals surface area (Å²) in [6.45, 7) is 3.52. The Bertz CT molecular complexity index is 134. The van der Waals surface area contributed by atoms with Crippen molar-refractivity contribution < 1.29 is 8.78 Å². The summed E-state index contributed by atoms with van der Waals surface area (Å²) in [6.07, 6.45) is 1.38. The summed E-state index contributed by atoms with van der Waals surface area (Å²) in [5.41, 5.74) is 0. The molecule has 1 N–H and O–H groups in total. The summed E-state index contributed by atoms with van der Waals surface area (Å²) in [6, 6.07) is -0.430. The fourth-order valence-corrected chi connectivity index (χ4v) is 1.44. The second-order valence-electron chi connectivity index (χ2n) is 3.87. The second kappa shape index (κ2) is 4.17. The third kappa shape index (κ3) is 3.48. The van der Waals surface area contributed by atoms with Crippen molar-refractivity contribution in [2.75, 3.05) is 0 Å². The second-order valence-corrected chi connectivity index (χ2v) is 3.87. The summed E-state index contributed by atoms with van der Waals surface area (Å²) in [7, 11) is 0. The first-order chi connectivity index (χ1) is 5.59. The Labute approximate surface area is 72.5 Å². The van der Waals surface area contributed by atoms with Crippen LogP contribution in [0.4, 0.5) is 8.78 Å². The molecule has 0 radical (unpaired) electrons. The van der Waals surface area contributed by atoms with E-state index in [1.54, 1.807) is 0 Å². The van der Waals surface area contributed by atoms with Crippen LogP contribution in [0, 0.1) is 5.92 Å². The Morgan fingerprint density at radius 2 is 1.92 bits per heavy atom. The molecule has 0 heterocycles. The molecule has 0 aromatic rings. The number of alkyl halides is 2. The molecule has 2 unspecified atom stereocenters. The van der Waals surface area contributed by atoms with Crippen LogP contribution in [0.1, 0.15) is 33.1 Å². The van der Waals surface area contributed by atoms with E-state index in [9.17, 15) is 8.78 Å². The molecule has 3 heteroatoms. The number of nitrogens with one attached hydrogen (secondary N) is 1. The lowest BCUT2D eigenvalue weighted by Crippen LogP contribution is -2.39. The van der Waals surface area contributed by atoms with E-state index in [1.165, 1.54) is 19.8 Å². The molecule has 0 bridgehead atoms. The molecule has 0 aromatic heterocycles. The highest BCUT2D eigenvalue weighted by Crippen LogP contribution is 2.33. The molecule has 1 aliphatic carbocycles. The topological polar surface area (TPSA) is 12.0 Å². The van der Waals surface area contributed by atoms with E-state index in [0.717, 1.165) is 12.3 Å². The van der Waals surface area contributed by atoms with Gasteiger partial charge in [-0.25, -0.2) is 8.78 Å². The zero-order valence-electron chi connectivity index (χ0n) is 7.69. The smallest absolute Gasteiger partial charge is 0.253 e. The van der Waals surface area contributed by atoms with E-state index >= 15 is 0 Å². The minimum atomic E-state index is -2.24. The van der Waals surface area contributed by atoms with Crippen molar-refractivity contribution in [1.29, 1.82) is 0 Å². The van der Waals surface area contributed by atoms with Gasteiger partial charge < -0.3 is 5.32 Å². The van der Waals surface area contributed by atoms with Gasteiger partial charge in [-0.15, -0.1) is 0 Å². The zero-order valence-corrected chi connectivity index (χ0v) is 7.69. The molecule has 0 aliphatic heterocycles. The number of halogens is 2. The summed E-state index contributed by atoms with van der Waals surface area (Å²) < 4.78 is 24.2. The normalized spacial score (nSPS) is 22.8. The summed E-state index contributed by atoms with van der Waals surface area (Å²) in [4.78, 5) is 0. The summed E-state index contributed by atoms with van der Waals surface area (Å²) in [5.74, 6) is 0.803. The molecule has 72 valence electrons. The van der Waals surface area contributed by atoms with Crippen molar-refractivity contribution in [2.45, 2.75) is 51.6 Å². The maximum absolute atomic E-state index is 12.1. The molecule has 0 aromatic carbocycles. The first-order valence-corrected chi connectivity index (χ1v) is 4.63. The molecule has 0 saturated heterocycles. The van der Waals surface area contributed by atoms with E-state index in [-0.39, 0.29) is 6.04 Å². The minimum Gasteiger partial charge on any atom is -0.307 e. The van der Waals surface area contributed by atoms with Gasteiger partial charge in [0.15, 0.2) is 0 Å². The van der Waals surface area contributed by atoms with Gasteiger partial charge in [-0.2, -0.15) is 0 Å². The van der Waals surface area contributed by atoms with Gasteiger partial charge >= 0.3 is 0 Å². The highest BCUT2D eigenvalue weighted by atomic mass is 19.3. The number of rotatable bonds is 5. The quantitative estimate of drug-likeness (QED) is 0.680. The first-order valence-electron chi connectivity index (χ1n) is 4.63. The molecule has 1 aliphatic rings. The summed E-state index contributed by atoms with van der Waals surface area (Å²) in [5, 5.41) is 2.90. The van der Waals surface area contributed by atoms with Gasteiger partial charge in [0.25, 0.3) is 6.43 Å². The van der Waals surface area contributed by atoms with Crippen LogP contribution in [-0.2, 0) is 0 Å². The molecule has 1 saturated carbocycles. The molecular weight excluding hydrogens is 160 g/mol. The summed E-state index contributed by atoms with van der Waals surface area (Å²) >= 11 is 0. The van der Waals surface area contributed by atoms with Crippen LogP contribution in [0.25, 0.3) is 0 Å². The average molecular weight is 177 g/mol. The van der Waals surface area contributed by atoms with Gasteiger partial charge in [-0.1, -0.05) is 12.8 Å². The lowest BCUT2D eigenvalue weighted by atomic mass is 10.1. The maximum atomic E-state index is 12.1. The van der Waals surface area contributed by atoms with Crippen molar-refractivity contribution >= 4 is 0 Å². The van der Waals surface area contributed by atoms with Crippen LogP contribution in [0.3, 0.4) is 0 Å². The number of hydrogen-bond donors (Lipinski definition) is 1. The molecular formula is C9H17F2N. The molecule has 2 atom stereocenters.